The van der Waals surface area contributed by atoms with Crippen molar-refractivity contribution in [1.29, 1.82) is 0 Å². The number of H-pyrrole nitrogens is 1. The van der Waals surface area contributed by atoms with Gasteiger partial charge in [-0.1, -0.05) is 19.6 Å². The first-order chi connectivity index (χ1) is 12.6. The lowest BCUT2D eigenvalue weighted by Crippen LogP contribution is -2.29. The highest BCUT2D eigenvalue weighted by Crippen LogP contribution is 2.33. The first-order valence-corrected chi connectivity index (χ1v) is 9.25. The maximum Gasteiger partial charge on any atom is 0.165 e. The number of hydrogen-bond donors (Lipinski definition) is 1. The average molecular weight is 368 g/mol. The quantitative estimate of drug-likeness (QED) is 0.672. The van der Waals surface area contributed by atoms with Crippen molar-refractivity contribution in [2.24, 2.45) is 0 Å². The highest BCUT2D eigenvalue weighted by atomic mass is 19.1. The first kappa shape index (κ1) is 19.4. The molecule has 1 aromatic heterocycles. The molecule has 0 atom stereocenters. The van der Waals surface area contributed by atoms with Crippen LogP contribution in [0.1, 0.15) is 42.9 Å². The van der Waals surface area contributed by atoms with E-state index in [2.05, 4.69) is 41.3 Å². The van der Waals surface area contributed by atoms with Crippen molar-refractivity contribution in [3.63, 3.8) is 0 Å². The molecular weight excluding hydrogens is 339 g/mol. The van der Waals surface area contributed by atoms with Crippen LogP contribution in [0.25, 0.3) is 10.9 Å². The van der Waals surface area contributed by atoms with Crippen LogP contribution in [0, 0.1) is 5.82 Å². The van der Waals surface area contributed by atoms with Crippen molar-refractivity contribution >= 4 is 10.9 Å². The van der Waals surface area contributed by atoms with E-state index in [1.165, 1.54) is 42.0 Å². The number of fused-ring (bicyclic) bond motifs is 1. The molecule has 0 aliphatic carbocycles. The second-order valence-corrected chi connectivity index (χ2v) is 7.35. The number of aromatic nitrogens is 1. The molecule has 2 aromatic carbocycles. The van der Waals surface area contributed by atoms with E-state index in [4.69, 9.17) is 4.74 Å². The molecule has 4 heteroatoms. The molecule has 0 saturated carbocycles. The smallest absolute Gasteiger partial charge is 0.165 e. The number of hydrogen-bond acceptors (Lipinski definition) is 2. The summed E-state index contributed by atoms with van der Waals surface area (Å²) in [7, 11) is 3.68. The summed E-state index contributed by atoms with van der Waals surface area (Å²) in [5, 5.41) is 1.31. The standard InChI is InChI=1S/C22H25FN2O.CH4/c1-25-9-7-17(8-10-25)19-14-24-21-5-3-15(12-18(19)21)11-16-4-6-22(26-2)20(23)13-16;/h3-6,12-14,17,24H,7-11H2,1-2H3;1H4. The molecule has 1 aliphatic rings. The Labute approximate surface area is 161 Å². The zero-order valence-corrected chi connectivity index (χ0v) is 15.4. The Balaban J connectivity index is 0.00000210. The fourth-order valence-corrected chi connectivity index (χ4v) is 4.01. The van der Waals surface area contributed by atoms with Crippen LogP contribution in [0.2, 0.25) is 0 Å². The van der Waals surface area contributed by atoms with Gasteiger partial charge >= 0.3 is 0 Å². The molecule has 1 N–H and O–H groups in total. The van der Waals surface area contributed by atoms with Crippen LogP contribution in [0.4, 0.5) is 4.39 Å². The van der Waals surface area contributed by atoms with E-state index in [1.807, 2.05) is 6.07 Å². The summed E-state index contributed by atoms with van der Waals surface area (Å²) in [5.41, 5.74) is 4.77. The Kier molecular flexibility index (Phi) is 5.85. The number of piperidine rings is 1. The predicted molar refractivity (Wildman–Crippen MR) is 110 cm³/mol. The number of nitrogens with zero attached hydrogens (tertiary/aromatic N) is 1. The third-order valence-electron chi connectivity index (χ3n) is 5.56. The minimum atomic E-state index is -0.306. The minimum Gasteiger partial charge on any atom is -0.494 e. The summed E-state index contributed by atoms with van der Waals surface area (Å²) in [5.74, 6) is 0.604. The zero-order chi connectivity index (χ0) is 18.1. The van der Waals surface area contributed by atoms with Crippen molar-refractivity contribution in [1.82, 2.24) is 9.88 Å². The van der Waals surface area contributed by atoms with Gasteiger partial charge in [0.15, 0.2) is 11.6 Å². The van der Waals surface area contributed by atoms with Crippen LogP contribution in [-0.2, 0) is 6.42 Å². The van der Waals surface area contributed by atoms with Gasteiger partial charge in [0.05, 0.1) is 7.11 Å². The van der Waals surface area contributed by atoms with Crippen LogP contribution in [0.15, 0.2) is 42.6 Å². The highest BCUT2D eigenvalue weighted by molar-refractivity contribution is 5.84. The molecule has 3 aromatic rings. The summed E-state index contributed by atoms with van der Waals surface area (Å²) in [6.07, 6.45) is 5.31. The molecule has 4 rings (SSSR count). The number of aromatic amines is 1. The molecule has 1 aliphatic heterocycles. The summed E-state index contributed by atoms with van der Waals surface area (Å²) in [6.45, 7) is 2.31. The molecular formula is C23H29FN2O. The largest absolute Gasteiger partial charge is 0.494 e. The Hall–Kier alpha value is -2.33. The normalized spacial score (nSPS) is 15.7. The third kappa shape index (κ3) is 4.01. The van der Waals surface area contributed by atoms with Gasteiger partial charge in [-0.25, -0.2) is 4.39 Å². The van der Waals surface area contributed by atoms with Crippen LogP contribution in [0.3, 0.4) is 0 Å². The number of methoxy groups -OCH3 is 1. The molecule has 144 valence electrons. The Morgan fingerprint density at radius 2 is 1.81 bits per heavy atom. The molecule has 0 radical (unpaired) electrons. The summed E-state index contributed by atoms with van der Waals surface area (Å²) < 4.78 is 19.0. The maximum atomic E-state index is 14.0. The molecule has 2 heterocycles. The lowest BCUT2D eigenvalue weighted by atomic mass is 9.89. The Bertz CT molecular complexity index is 910. The van der Waals surface area contributed by atoms with E-state index >= 15 is 0 Å². The van der Waals surface area contributed by atoms with Crippen LogP contribution < -0.4 is 4.74 Å². The third-order valence-corrected chi connectivity index (χ3v) is 5.56. The van der Waals surface area contributed by atoms with Gasteiger partial charge in [0.1, 0.15) is 0 Å². The van der Waals surface area contributed by atoms with Gasteiger partial charge in [0, 0.05) is 17.1 Å². The van der Waals surface area contributed by atoms with Crippen molar-refractivity contribution in [3.8, 4) is 5.75 Å². The molecule has 0 amide bonds. The molecule has 0 unspecified atom stereocenters. The highest BCUT2D eigenvalue weighted by Gasteiger charge is 2.21. The lowest BCUT2D eigenvalue weighted by molar-refractivity contribution is 0.256. The Morgan fingerprint density at radius 1 is 1.11 bits per heavy atom. The van der Waals surface area contributed by atoms with Gasteiger partial charge in [-0.3, -0.25) is 0 Å². The molecule has 0 spiro atoms. The number of rotatable bonds is 4. The number of nitrogens with one attached hydrogen (secondary N) is 1. The van der Waals surface area contributed by atoms with E-state index < -0.39 is 0 Å². The molecule has 0 bridgehead atoms. The van der Waals surface area contributed by atoms with Gasteiger partial charge in [0.25, 0.3) is 0 Å². The SMILES string of the molecule is C.COc1ccc(Cc2ccc3[nH]cc(C4CCN(C)CC4)c3c2)cc1F. The summed E-state index contributed by atoms with van der Waals surface area (Å²) in [6, 6.07) is 11.7. The van der Waals surface area contributed by atoms with Gasteiger partial charge < -0.3 is 14.6 Å². The second kappa shape index (κ2) is 8.13. The van der Waals surface area contributed by atoms with E-state index in [0.717, 1.165) is 25.1 Å². The number of benzene rings is 2. The van der Waals surface area contributed by atoms with Gasteiger partial charge in [-0.15, -0.1) is 0 Å². The van der Waals surface area contributed by atoms with Crippen LogP contribution in [-0.4, -0.2) is 37.1 Å². The van der Waals surface area contributed by atoms with Crippen molar-refractivity contribution < 1.29 is 9.13 Å². The topological polar surface area (TPSA) is 28.3 Å². The fourth-order valence-electron chi connectivity index (χ4n) is 4.01. The molecule has 27 heavy (non-hydrogen) atoms. The van der Waals surface area contributed by atoms with Crippen molar-refractivity contribution in [2.75, 3.05) is 27.2 Å². The van der Waals surface area contributed by atoms with E-state index in [1.54, 1.807) is 12.1 Å². The van der Waals surface area contributed by atoms with Crippen LogP contribution in [0.5, 0.6) is 5.75 Å². The fraction of sp³-hybridized carbons (Fsp3) is 0.391. The van der Waals surface area contributed by atoms with Crippen molar-refractivity contribution in [3.05, 3.63) is 65.1 Å². The van der Waals surface area contributed by atoms with E-state index in [-0.39, 0.29) is 13.2 Å². The number of likely N-dealkylation sites (tertiary alicyclic amines) is 1. The summed E-state index contributed by atoms with van der Waals surface area (Å²) in [4.78, 5) is 5.82. The maximum absolute atomic E-state index is 14.0. The predicted octanol–water partition coefficient (Wildman–Crippen LogP) is 5.35. The molecule has 3 nitrogen and oxygen atoms in total. The van der Waals surface area contributed by atoms with Gasteiger partial charge in [-0.2, -0.15) is 0 Å². The van der Waals surface area contributed by atoms with Crippen LogP contribution >= 0.6 is 0 Å². The molecule has 1 fully saturated rings. The molecule has 1 saturated heterocycles. The summed E-state index contributed by atoms with van der Waals surface area (Å²) >= 11 is 0. The first-order valence-electron chi connectivity index (χ1n) is 9.25. The van der Waals surface area contributed by atoms with E-state index in [9.17, 15) is 4.39 Å². The van der Waals surface area contributed by atoms with E-state index in [0.29, 0.717) is 11.7 Å². The van der Waals surface area contributed by atoms with Crippen molar-refractivity contribution in [2.45, 2.75) is 32.6 Å². The monoisotopic (exact) mass is 368 g/mol. The number of halogens is 1. The minimum absolute atomic E-state index is 0. The Morgan fingerprint density at radius 3 is 2.52 bits per heavy atom. The number of ether oxygens (including phenoxy) is 1. The zero-order valence-electron chi connectivity index (χ0n) is 15.4. The van der Waals surface area contributed by atoms with Gasteiger partial charge in [-0.05, 0) is 86.3 Å². The average Bonchev–Trinajstić information content (AvgIpc) is 3.06. The lowest BCUT2D eigenvalue weighted by Gasteiger charge is -2.28. The van der Waals surface area contributed by atoms with Gasteiger partial charge in [0.2, 0.25) is 0 Å². The second-order valence-electron chi connectivity index (χ2n) is 7.35.